The fourth-order valence-corrected chi connectivity index (χ4v) is 3.37. The van der Waals surface area contributed by atoms with Crippen LogP contribution < -0.4 is 10.0 Å². The van der Waals surface area contributed by atoms with Crippen LogP contribution in [0.25, 0.3) is 0 Å². The van der Waals surface area contributed by atoms with Crippen molar-refractivity contribution in [3.8, 4) is 0 Å². The van der Waals surface area contributed by atoms with Gasteiger partial charge in [-0.2, -0.15) is 0 Å². The first-order valence-electron chi connectivity index (χ1n) is 5.96. The zero-order valence-electron chi connectivity index (χ0n) is 11.3. The Hall–Kier alpha value is -1.50. The highest BCUT2D eigenvalue weighted by molar-refractivity contribution is 7.92. The van der Waals surface area contributed by atoms with E-state index in [1.54, 1.807) is 25.2 Å². The molecule has 0 aliphatic rings. The fourth-order valence-electron chi connectivity index (χ4n) is 1.66. The van der Waals surface area contributed by atoms with Crippen LogP contribution in [0.1, 0.15) is 5.56 Å². The Morgan fingerprint density at radius 1 is 1.14 bits per heavy atom. The van der Waals surface area contributed by atoms with Gasteiger partial charge in [-0.05, 0) is 30.7 Å². The van der Waals surface area contributed by atoms with E-state index in [9.17, 15) is 8.42 Å². The number of rotatable bonds is 4. The molecule has 8 heteroatoms. The third-order valence-electron chi connectivity index (χ3n) is 2.73. The molecule has 0 aliphatic heterocycles. The van der Waals surface area contributed by atoms with Crippen LogP contribution in [0.3, 0.4) is 0 Å². The average molecular weight is 346 g/mol. The molecule has 0 spiro atoms. The number of benzene rings is 1. The molecule has 0 bridgehead atoms. The van der Waals surface area contributed by atoms with Crippen LogP contribution in [-0.4, -0.2) is 20.4 Å². The molecule has 0 saturated heterocycles. The molecule has 112 valence electrons. The van der Waals surface area contributed by atoms with Crippen LogP contribution in [0.2, 0.25) is 10.0 Å². The number of hydrogen-bond donors (Lipinski definition) is 2. The van der Waals surface area contributed by atoms with E-state index < -0.39 is 10.0 Å². The summed E-state index contributed by atoms with van der Waals surface area (Å²) in [7, 11) is -2.16. The van der Waals surface area contributed by atoms with Gasteiger partial charge >= 0.3 is 0 Å². The first-order valence-corrected chi connectivity index (χ1v) is 8.19. The highest BCUT2D eigenvalue weighted by atomic mass is 35.5. The second-order valence-electron chi connectivity index (χ2n) is 4.34. The maximum Gasteiger partial charge on any atom is 0.263 e. The first-order chi connectivity index (χ1) is 9.83. The Morgan fingerprint density at radius 2 is 1.86 bits per heavy atom. The molecule has 1 aromatic heterocycles. The SMILES string of the molecule is CNc1ncc(S(=O)(=O)Nc2ccc(C)cc2Cl)cc1Cl. The van der Waals surface area contributed by atoms with Crippen LogP contribution in [0.4, 0.5) is 11.5 Å². The quantitative estimate of drug-likeness (QED) is 0.888. The van der Waals surface area contributed by atoms with E-state index in [4.69, 9.17) is 23.2 Å². The molecule has 0 atom stereocenters. The van der Waals surface area contributed by atoms with Gasteiger partial charge in [0.2, 0.25) is 0 Å². The van der Waals surface area contributed by atoms with Crippen LogP contribution >= 0.6 is 23.2 Å². The van der Waals surface area contributed by atoms with Gasteiger partial charge in [-0.15, -0.1) is 0 Å². The monoisotopic (exact) mass is 345 g/mol. The van der Waals surface area contributed by atoms with E-state index in [1.807, 2.05) is 6.92 Å². The minimum absolute atomic E-state index is 0.0388. The summed E-state index contributed by atoms with van der Waals surface area (Å²) in [5.41, 5.74) is 1.24. The standard InChI is InChI=1S/C13H13Cl2N3O2S/c1-8-3-4-12(10(14)5-8)18-21(19,20)9-6-11(15)13(16-2)17-7-9/h3-7,18H,1-2H3,(H,16,17). The summed E-state index contributed by atoms with van der Waals surface area (Å²) in [6, 6.07) is 6.37. The van der Waals surface area contributed by atoms with Crippen molar-refractivity contribution in [2.45, 2.75) is 11.8 Å². The smallest absolute Gasteiger partial charge is 0.263 e. The van der Waals surface area contributed by atoms with Crippen molar-refractivity contribution in [2.75, 3.05) is 17.1 Å². The van der Waals surface area contributed by atoms with Crippen LogP contribution in [-0.2, 0) is 10.0 Å². The van der Waals surface area contributed by atoms with E-state index in [1.165, 1.54) is 12.3 Å². The van der Waals surface area contributed by atoms with Gasteiger partial charge in [0.1, 0.15) is 10.7 Å². The Balaban J connectivity index is 2.36. The van der Waals surface area contributed by atoms with Gasteiger partial charge in [-0.25, -0.2) is 13.4 Å². The topological polar surface area (TPSA) is 71.1 Å². The third-order valence-corrected chi connectivity index (χ3v) is 4.67. The molecule has 1 aromatic carbocycles. The molecule has 0 amide bonds. The molecule has 2 N–H and O–H groups in total. The molecule has 0 unspecified atom stereocenters. The zero-order chi connectivity index (χ0) is 15.6. The molecule has 2 aromatic rings. The summed E-state index contributed by atoms with van der Waals surface area (Å²) in [5, 5.41) is 3.30. The second-order valence-corrected chi connectivity index (χ2v) is 6.84. The summed E-state index contributed by atoms with van der Waals surface area (Å²) < 4.78 is 27.0. The number of nitrogens with one attached hydrogen (secondary N) is 2. The Labute approximate surface area is 133 Å². The van der Waals surface area contributed by atoms with E-state index in [-0.39, 0.29) is 9.92 Å². The lowest BCUT2D eigenvalue weighted by molar-refractivity contribution is 0.601. The summed E-state index contributed by atoms with van der Waals surface area (Å²) in [6.07, 6.45) is 1.22. The van der Waals surface area contributed by atoms with Crippen molar-refractivity contribution in [2.24, 2.45) is 0 Å². The van der Waals surface area contributed by atoms with Gasteiger partial charge in [-0.1, -0.05) is 29.3 Å². The van der Waals surface area contributed by atoms with E-state index in [0.29, 0.717) is 16.5 Å². The van der Waals surface area contributed by atoms with Gasteiger partial charge in [0.05, 0.1) is 15.7 Å². The molecule has 5 nitrogen and oxygen atoms in total. The van der Waals surface area contributed by atoms with Gasteiger partial charge in [0, 0.05) is 13.2 Å². The summed E-state index contributed by atoms with van der Waals surface area (Å²) >= 11 is 12.0. The molecule has 2 rings (SSSR count). The van der Waals surface area contributed by atoms with Gasteiger partial charge in [0.25, 0.3) is 10.0 Å². The number of halogens is 2. The third kappa shape index (κ3) is 3.58. The predicted octanol–water partition coefficient (Wildman–Crippen LogP) is 3.54. The van der Waals surface area contributed by atoms with Crippen molar-refractivity contribution in [1.82, 2.24) is 4.98 Å². The van der Waals surface area contributed by atoms with Gasteiger partial charge < -0.3 is 5.32 Å². The molecule has 21 heavy (non-hydrogen) atoms. The van der Waals surface area contributed by atoms with Gasteiger partial charge in [-0.3, -0.25) is 4.72 Å². The number of aromatic nitrogens is 1. The van der Waals surface area contributed by atoms with E-state index in [2.05, 4.69) is 15.0 Å². The van der Waals surface area contributed by atoms with Crippen LogP contribution in [0, 0.1) is 6.92 Å². The molecule has 0 radical (unpaired) electrons. The molecule has 0 aliphatic carbocycles. The van der Waals surface area contributed by atoms with Crippen molar-refractivity contribution >= 4 is 44.7 Å². The summed E-state index contributed by atoms with van der Waals surface area (Å²) in [4.78, 5) is 3.91. The Bertz CT molecular complexity index is 779. The molecular weight excluding hydrogens is 333 g/mol. The van der Waals surface area contributed by atoms with Crippen molar-refractivity contribution in [1.29, 1.82) is 0 Å². The Kier molecular flexibility index (Phi) is 4.61. The van der Waals surface area contributed by atoms with E-state index in [0.717, 1.165) is 5.56 Å². The van der Waals surface area contributed by atoms with Crippen molar-refractivity contribution in [3.63, 3.8) is 0 Å². The number of nitrogens with zero attached hydrogens (tertiary/aromatic N) is 1. The van der Waals surface area contributed by atoms with Crippen molar-refractivity contribution in [3.05, 3.63) is 46.1 Å². The largest absolute Gasteiger partial charge is 0.372 e. The summed E-state index contributed by atoms with van der Waals surface area (Å²) in [5.74, 6) is 0.406. The average Bonchev–Trinajstić information content (AvgIpc) is 2.42. The minimum atomic E-state index is -3.81. The maximum atomic E-state index is 12.3. The Morgan fingerprint density at radius 3 is 2.43 bits per heavy atom. The normalized spacial score (nSPS) is 11.2. The second kappa shape index (κ2) is 6.09. The lowest BCUT2D eigenvalue weighted by Gasteiger charge is -2.11. The first kappa shape index (κ1) is 15.9. The number of anilines is 2. The molecule has 1 heterocycles. The van der Waals surface area contributed by atoms with Crippen molar-refractivity contribution < 1.29 is 8.42 Å². The van der Waals surface area contributed by atoms with Crippen LogP contribution in [0.15, 0.2) is 35.4 Å². The van der Waals surface area contributed by atoms with Crippen LogP contribution in [0.5, 0.6) is 0 Å². The minimum Gasteiger partial charge on any atom is -0.372 e. The van der Waals surface area contributed by atoms with Gasteiger partial charge in [0.15, 0.2) is 0 Å². The number of hydrogen-bond acceptors (Lipinski definition) is 4. The molecular formula is C13H13Cl2N3O2S. The number of sulfonamides is 1. The lowest BCUT2D eigenvalue weighted by Crippen LogP contribution is -2.14. The van der Waals surface area contributed by atoms with E-state index >= 15 is 0 Å². The molecule has 0 fully saturated rings. The lowest BCUT2D eigenvalue weighted by atomic mass is 10.2. The number of pyridine rings is 1. The number of aryl methyl sites for hydroxylation is 1. The highest BCUT2D eigenvalue weighted by Crippen LogP contribution is 2.27. The summed E-state index contributed by atoms with van der Waals surface area (Å²) in [6.45, 7) is 1.87. The fraction of sp³-hybridized carbons (Fsp3) is 0.154. The highest BCUT2D eigenvalue weighted by Gasteiger charge is 2.18. The zero-order valence-corrected chi connectivity index (χ0v) is 13.6. The maximum absolute atomic E-state index is 12.3. The predicted molar refractivity (Wildman–Crippen MR) is 85.8 cm³/mol. The molecule has 0 saturated carbocycles.